The number of amides is 1. The Morgan fingerprint density at radius 2 is 2.27 bits per heavy atom. The molecule has 2 aromatic heterocycles. The molecule has 9 heteroatoms. The van der Waals surface area contributed by atoms with E-state index in [9.17, 15) is 4.79 Å². The topological polar surface area (TPSA) is 94.0 Å². The van der Waals surface area contributed by atoms with Gasteiger partial charge in [-0.2, -0.15) is 10.1 Å². The van der Waals surface area contributed by atoms with Crippen molar-refractivity contribution in [1.82, 2.24) is 19.7 Å². The molecule has 1 saturated heterocycles. The molecule has 1 fully saturated rings. The zero-order valence-corrected chi connectivity index (χ0v) is 18.3. The van der Waals surface area contributed by atoms with Crippen molar-refractivity contribution in [2.45, 2.75) is 44.8 Å². The van der Waals surface area contributed by atoms with Crippen molar-refractivity contribution in [3.63, 3.8) is 0 Å². The fourth-order valence-electron chi connectivity index (χ4n) is 4.13. The van der Waals surface area contributed by atoms with Gasteiger partial charge in [-0.3, -0.25) is 9.48 Å². The van der Waals surface area contributed by atoms with Gasteiger partial charge in [0, 0.05) is 36.1 Å². The van der Waals surface area contributed by atoms with Crippen molar-refractivity contribution >= 4 is 44.5 Å². The number of ether oxygens (including phenoxy) is 1. The molecule has 4 heterocycles. The number of aromatic nitrogens is 4. The summed E-state index contributed by atoms with van der Waals surface area (Å²) in [5.74, 6) is -0.118. The summed E-state index contributed by atoms with van der Waals surface area (Å²) in [6, 6.07) is 5.81. The van der Waals surface area contributed by atoms with E-state index in [2.05, 4.69) is 43.6 Å². The maximum Gasteiger partial charge on any atom is 0.238 e. The fourth-order valence-corrected chi connectivity index (χ4v) is 4.51. The van der Waals surface area contributed by atoms with Crippen LogP contribution in [0.15, 0.2) is 28.9 Å². The zero-order chi connectivity index (χ0) is 20.7. The van der Waals surface area contributed by atoms with Crippen LogP contribution in [-0.4, -0.2) is 44.9 Å². The van der Waals surface area contributed by atoms with Crippen LogP contribution >= 0.6 is 15.9 Å². The average molecular weight is 471 g/mol. The summed E-state index contributed by atoms with van der Waals surface area (Å²) in [4.78, 5) is 22.4. The van der Waals surface area contributed by atoms with E-state index in [1.54, 1.807) is 0 Å². The number of carbonyl (C=O) groups excluding carboxylic acids is 1. The molecule has 0 spiro atoms. The number of carbonyl (C=O) groups is 1. The molecule has 0 bridgehead atoms. The van der Waals surface area contributed by atoms with Gasteiger partial charge < -0.3 is 15.4 Å². The first-order valence-electron chi connectivity index (χ1n) is 10.3. The highest BCUT2D eigenvalue weighted by Crippen LogP contribution is 2.40. The summed E-state index contributed by atoms with van der Waals surface area (Å²) in [7, 11) is 0. The molecule has 156 valence electrons. The second-order valence-corrected chi connectivity index (χ2v) is 8.65. The van der Waals surface area contributed by atoms with E-state index in [0.717, 1.165) is 53.5 Å². The van der Waals surface area contributed by atoms with Crippen LogP contribution in [0.5, 0.6) is 0 Å². The number of anilines is 2. The number of aryl methyl sites for hydroxylation is 1. The Morgan fingerprint density at radius 3 is 3.07 bits per heavy atom. The minimum atomic E-state index is -0.509. The summed E-state index contributed by atoms with van der Waals surface area (Å²) in [5.41, 5.74) is 2.99. The molecule has 5 rings (SSSR count). The first kappa shape index (κ1) is 19.4. The van der Waals surface area contributed by atoms with E-state index in [1.165, 1.54) is 0 Å². The lowest BCUT2D eigenvalue weighted by molar-refractivity contribution is -0.116. The first-order chi connectivity index (χ1) is 14.6. The van der Waals surface area contributed by atoms with E-state index in [4.69, 9.17) is 9.72 Å². The second-order valence-electron chi connectivity index (χ2n) is 7.73. The molecule has 0 radical (unpaired) electrons. The third kappa shape index (κ3) is 3.56. The molecule has 1 amide bonds. The monoisotopic (exact) mass is 470 g/mol. The van der Waals surface area contributed by atoms with Crippen molar-refractivity contribution < 1.29 is 9.53 Å². The number of fused-ring (bicyclic) bond motifs is 2. The number of benzene rings is 1. The molecule has 2 N–H and O–H groups in total. The van der Waals surface area contributed by atoms with Crippen molar-refractivity contribution in [1.29, 1.82) is 0 Å². The smallest absolute Gasteiger partial charge is 0.238 e. The molecular formula is C21H23BrN6O2. The predicted octanol–water partition coefficient (Wildman–Crippen LogP) is 3.67. The van der Waals surface area contributed by atoms with Crippen LogP contribution in [0, 0.1) is 0 Å². The van der Waals surface area contributed by atoms with Crippen LogP contribution in [0.25, 0.3) is 11.0 Å². The third-order valence-corrected chi connectivity index (χ3v) is 6.03. The van der Waals surface area contributed by atoms with Gasteiger partial charge in [-0.1, -0.05) is 22.9 Å². The Hall–Kier alpha value is -2.52. The summed E-state index contributed by atoms with van der Waals surface area (Å²) in [6.45, 7) is 4.33. The molecule has 1 unspecified atom stereocenters. The molecule has 2 aliphatic heterocycles. The van der Waals surface area contributed by atoms with Gasteiger partial charge in [0.25, 0.3) is 0 Å². The molecule has 2 atom stereocenters. The Bertz CT molecular complexity index is 1110. The highest BCUT2D eigenvalue weighted by Gasteiger charge is 2.35. The van der Waals surface area contributed by atoms with Crippen LogP contribution in [0.3, 0.4) is 0 Å². The van der Waals surface area contributed by atoms with E-state index in [0.29, 0.717) is 23.8 Å². The lowest BCUT2D eigenvalue weighted by Crippen LogP contribution is -2.21. The minimum absolute atomic E-state index is 0.0867. The van der Waals surface area contributed by atoms with Gasteiger partial charge in [-0.15, -0.1) is 0 Å². The number of rotatable bonds is 6. The van der Waals surface area contributed by atoms with Gasteiger partial charge in [-0.25, -0.2) is 4.98 Å². The van der Waals surface area contributed by atoms with Gasteiger partial charge >= 0.3 is 0 Å². The van der Waals surface area contributed by atoms with Crippen LogP contribution in [0.2, 0.25) is 0 Å². The predicted molar refractivity (Wildman–Crippen MR) is 118 cm³/mol. The molecule has 2 aliphatic rings. The lowest BCUT2D eigenvalue weighted by atomic mass is 9.95. The summed E-state index contributed by atoms with van der Waals surface area (Å²) in [6.07, 6.45) is 5.17. The molecule has 1 aromatic carbocycles. The molecule has 8 nitrogen and oxygen atoms in total. The lowest BCUT2D eigenvalue weighted by Gasteiger charge is -2.14. The first-order valence-corrected chi connectivity index (χ1v) is 11.1. The highest BCUT2D eigenvalue weighted by atomic mass is 79.9. The Balaban J connectivity index is 1.58. The highest BCUT2D eigenvalue weighted by molar-refractivity contribution is 9.10. The SMILES string of the molecule is CCCn1cc2c(C3C(=O)Nc4ccc(Br)cc43)nc(NC[C@H]3CCCO3)nc2n1. The minimum Gasteiger partial charge on any atom is -0.376 e. The van der Waals surface area contributed by atoms with Gasteiger partial charge in [0.15, 0.2) is 5.65 Å². The number of hydrogen-bond donors (Lipinski definition) is 2. The quantitative estimate of drug-likeness (QED) is 0.570. The molecule has 30 heavy (non-hydrogen) atoms. The van der Waals surface area contributed by atoms with E-state index < -0.39 is 5.92 Å². The maximum atomic E-state index is 12.9. The van der Waals surface area contributed by atoms with Crippen molar-refractivity contribution in [2.24, 2.45) is 0 Å². The maximum absolute atomic E-state index is 12.9. The normalized spacial score (nSPS) is 20.5. The van der Waals surface area contributed by atoms with Crippen molar-refractivity contribution in [2.75, 3.05) is 23.8 Å². The van der Waals surface area contributed by atoms with E-state index in [-0.39, 0.29) is 12.0 Å². The Kier molecular flexibility index (Phi) is 5.16. The molecule has 0 aliphatic carbocycles. The molecular weight excluding hydrogens is 448 g/mol. The standard InChI is InChI=1S/C21H23BrN6O2/c1-2-7-28-11-15-18(17-14-9-12(22)5-6-16(14)24-20(17)29)25-21(26-19(15)27-28)23-10-13-4-3-8-30-13/h5-6,9,11,13,17H,2-4,7-8,10H2,1H3,(H,24,29)(H,23,26,27)/t13-,17?/m1/s1. The summed E-state index contributed by atoms with van der Waals surface area (Å²) >= 11 is 3.52. The second kappa shape index (κ2) is 7.96. The number of hydrogen-bond acceptors (Lipinski definition) is 6. The van der Waals surface area contributed by atoms with E-state index in [1.807, 2.05) is 29.1 Å². The number of nitrogens with one attached hydrogen (secondary N) is 2. The zero-order valence-electron chi connectivity index (χ0n) is 16.7. The largest absolute Gasteiger partial charge is 0.376 e. The average Bonchev–Trinajstić information content (AvgIpc) is 3.44. The van der Waals surface area contributed by atoms with Crippen LogP contribution in [0.1, 0.15) is 43.4 Å². The van der Waals surface area contributed by atoms with Gasteiger partial charge in [0.2, 0.25) is 11.9 Å². The van der Waals surface area contributed by atoms with Crippen molar-refractivity contribution in [3.8, 4) is 0 Å². The summed E-state index contributed by atoms with van der Waals surface area (Å²) < 4.78 is 8.50. The van der Waals surface area contributed by atoms with E-state index >= 15 is 0 Å². The van der Waals surface area contributed by atoms with Crippen LogP contribution in [-0.2, 0) is 16.1 Å². The van der Waals surface area contributed by atoms with Gasteiger partial charge in [-0.05, 0) is 43.0 Å². The van der Waals surface area contributed by atoms with Gasteiger partial charge in [0.1, 0.15) is 5.92 Å². The van der Waals surface area contributed by atoms with Crippen LogP contribution in [0.4, 0.5) is 11.6 Å². The third-order valence-electron chi connectivity index (χ3n) is 5.54. The van der Waals surface area contributed by atoms with Gasteiger partial charge in [0.05, 0.1) is 17.2 Å². The van der Waals surface area contributed by atoms with Crippen LogP contribution < -0.4 is 10.6 Å². The molecule has 3 aromatic rings. The number of halogens is 1. The molecule has 0 saturated carbocycles. The Morgan fingerprint density at radius 1 is 1.37 bits per heavy atom. The number of nitrogens with zero attached hydrogens (tertiary/aromatic N) is 4. The Labute approximate surface area is 182 Å². The van der Waals surface area contributed by atoms with Crippen molar-refractivity contribution in [3.05, 3.63) is 40.1 Å². The fraction of sp³-hybridized carbons (Fsp3) is 0.429. The summed E-state index contributed by atoms with van der Waals surface area (Å²) in [5, 5.41) is 11.7.